The van der Waals surface area contributed by atoms with E-state index in [4.69, 9.17) is 23.2 Å². The van der Waals surface area contributed by atoms with Crippen LogP contribution in [0.25, 0.3) is 0 Å². The van der Waals surface area contributed by atoms with E-state index >= 15 is 0 Å². The second-order valence-corrected chi connectivity index (χ2v) is 6.58. The van der Waals surface area contributed by atoms with E-state index in [1.165, 1.54) is 22.7 Å². The summed E-state index contributed by atoms with van der Waals surface area (Å²) in [6, 6.07) is 8.49. The van der Waals surface area contributed by atoms with Crippen molar-refractivity contribution in [3.05, 3.63) is 63.6 Å². The number of amides is 1. The molecule has 0 saturated carbocycles. The molecule has 0 aromatic heterocycles. The van der Waals surface area contributed by atoms with Crippen molar-refractivity contribution < 1.29 is 13.6 Å². The van der Waals surface area contributed by atoms with Crippen LogP contribution in [0.3, 0.4) is 0 Å². The maximum absolute atomic E-state index is 13.5. The smallest absolute Gasteiger partial charge is 0.238 e. The molecule has 0 aliphatic carbocycles. The molecule has 2 aromatic rings. The normalized spacial score (nSPS) is 18.1. The third-order valence-corrected chi connectivity index (χ3v) is 5.23. The van der Waals surface area contributed by atoms with E-state index in [-0.39, 0.29) is 11.7 Å². The highest BCUT2D eigenvalue weighted by Gasteiger charge is 2.34. The zero-order valence-electron chi connectivity index (χ0n) is 11.0. The van der Waals surface area contributed by atoms with Gasteiger partial charge < -0.3 is 0 Å². The molecular weight excluding hydrogens is 351 g/mol. The fraction of sp³-hybridized carbons (Fsp3) is 0.133. The molecule has 1 aliphatic heterocycles. The zero-order valence-corrected chi connectivity index (χ0v) is 13.4. The van der Waals surface area contributed by atoms with Crippen molar-refractivity contribution in [3.63, 3.8) is 0 Å². The predicted octanol–water partition coefficient (Wildman–Crippen LogP) is 5.05. The Labute approximate surface area is 140 Å². The Morgan fingerprint density at radius 1 is 1.05 bits per heavy atom. The average Bonchev–Trinajstić information content (AvgIpc) is 2.87. The van der Waals surface area contributed by atoms with Gasteiger partial charge in [0.2, 0.25) is 5.91 Å². The van der Waals surface area contributed by atoms with Gasteiger partial charge in [0.25, 0.3) is 0 Å². The first-order valence-corrected chi connectivity index (χ1v) is 8.11. The molecule has 2 aromatic carbocycles. The largest absolute Gasteiger partial charge is 0.295 e. The highest BCUT2D eigenvalue weighted by atomic mass is 35.5. The minimum atomic E-state index is -0.938. The minimum absolute atomic E-state index is 0.127. The first-order valence-electron chi connectivity index (χ1n) is 6.31. The number of hydrogen-bond donors (Lipinski definition) is 0. The van der Waals surface area contributed by atoms with Crippen molar-refractivity contribution in [2.75, 3.05) is 10.7 Å². The Hall–Kier alpha value is -1.30. The number of halogens is 4. The molecule has 0 radical (unpaired) electrons. The zero-order chi connectivity index (χ0) is 15.9. The van der Waals surface area contributed by atoms with Gasteiger partial charge in [-0.15, -0.1) is 11.8 Å². The second kappa shape index (κ2) is 6.07. The van der Waals surface area contributed by atoms with E-state index in [0.717, 1.165) is 12.1 Å². The lowest BCUT2D eigenvalue weighted by Gasteiger charge is -2.24. The number of carbonyl (C=O) groups is 1. The highest BCUT2D eigenvalue weighted by molar-refractivity contribution is 8.00. The van der Waals surface area contributed by atoms with Gasteiger partial charge in [-0.3, -0.25) is 9.69 Å². The summed E-state index contributed by atoms with van der Waals surface area (Å²) in [5.41, 5.74) is 1.08. The maximum atomic E-state index is 13.5. The minimum Gasteiger partial charge on any atom is -0.295 e. The van der Waals surface area contributed by atoms with Crippen LogP contribution in [-0.2, 0) is 4.79 Å². The molecule has 1 aliphatic rings. The number of thioether (sulfide) groups is 1. The van der Waals surface area contributed by atoms with Crippen molar-refractivity contribution in [3.8, 4) is 0 Å². The Morgan fingerprint density at radius 2 is 1.82 bits per heavy atom. The fourth-order valence-electron chi connectivity index (χ4n) is 2.25. The van der Waals surface area contributed by atoms with Crippen LogP contribution in [0, 0.1) is 11.6 Å². The van der Waals surface area contributed by atoms with Crippen molar-refractivity contribution in [2.45, 2.75) is 5.37 Å². The van der Waals surface area contributed by atoms with Gasteiger partial charge in [0.1, 0.15) is 5.37 Å². The van der Waals surface area contributed by atoms with Crippen LogP contribution in [0.2, 0.25) is 10.0 Å². The number of hydrogen-bond acceptors (Lipinski definition) is 2. The molecule has 2 nitrogen and oxygen atoms in total. The molecule has 1 atom stereocenters. The first kappa shape index (κ1) is 15.6. The number of carbonyl (C=O) groups excluding carboxylic acids is 1. The third kappa shape index (κ3) is 2.81. The van der Waals surface area contributed by atoms with E-state index in [9.17, 15) is 13.6 Å². The number of rotatable bonds is 2. The van der Waals surface area contributed by atoms with Crippen LogP contribution in [-0.4, -0.2) is 11.7 Å². The van der Waals surface area contributed by atoms with E-state index in [0.29, 0.717) is 21.3 Å². The van der Waals surface area contributed by atoms with Gasteiger partial charge in [-0.25, -0.2) is 8.78 Å². The van der Waals surface area contributed by atoms with Crippen LogP contribution in [0.1, 0.15) is 10.9 Å². The Morgan fingerprint density at radius 3 is 2.50 bits per heavy atom. The van der Waals surface area contributed by atoms with Crippen LogP contribution in [0.5, 0.6) is 0 Å². The Kier molecular flexibility index (Phi) is 4.30. The van der Waals surface area contributed by atoms with Crippen molar-refractivity contribution in [1.82, 2.24) is 0 Å². The number of anilines is 1. The molecule has 1 heterocycles. The van der Waals surface area contributed by atoms with Crippen molar-refractivity contribution >= 4 is 46.6 Å². The summed E-state index contributed by atoms with van der Waals surface area (Å²) in [6.45, 7) is 0. The maximum Gasteiger partial charge on any atom is 0.238 e. The van der Waals surface area contributed by atoms with Crippen LogP contribution in [0.15, 0.2) is 36.4 Å². The molecular formula is C15H9Cl2F2NOS. The van der Waals surface area contributed by atoms with Gasteiger partial charge in [0.05, 0.1) is 15.8 Å². The van der Waals surface area contributed by atoms with Crippen LogP contribution in [0.4, 0.5) is 14.5 Å². The second-order valence-electron chi connectivity index (χ2n) is 4.70. The first-order chi connectivity index (χ1) is 10.5. The van der Waals surface area contributed by atoms with Gasteiger partial charge in [0.15, 0.2) is 11.6 Å². The highest BCUT2D eigenvalue weighted by Crippen LogP contribution is 2.43. The summed E-state index contributed by atoms with van der Waals surface area (Å²) in [6.07, 6.45) is 0. The molecule has 1 fully saturated rings. The lowest BCUT2D eigenvalue weighted by Crippen LogP contribution is -2.27. The monoisotopic (exact) mass is 359 g/mol. The lowest BCUT2D eigenvalue weighted by molar-refractivity contribution is -0.115. The fourth-order valence-corrected chi connectivity index (χ4v) is 3.71. The third-order valence-electron chi connectivity index (χ3n) is 3.28. The van der Waals surface area contributed by atoms with Gasteiger partial charge >= 0.3 is 0 Å². The molecule has 3 rings (SSSR count). The molecule has 0 unspecified atom stereocenters. The summed E-state index contributed by atoms with van der Waals surface area (Å²) in [5, 5.41) is 0.279. The molecule has 7 heteroatoms. The molecule has 0 spiro atoms. The standard InChI is InChI=1S/C15H9Cl2F2NOS/c16-10-3-2-9(6-11(10)17)20-14(21)7-22-15(20)8-1-4-12(18)13(19)5-8/h1-6,15H,7H2/t15-/m1/s1. The number of benzene rings is 2. The van der Waals surface area contributed by atoms with Crippen molar-refractivity contribution in [2.24, 2.45) is 0 Å². The van der Waals surface area contributed by atoms with E-state index in [2.05, 4.69) is 0 Å². The molecule has 0 N–H and O–H groups in total. The molecule has 0 bridgehead atoms. The summed E-state index contributed by atoms with van der Waals surface area (Å²) < 4.78 is 26.5. The van der Waals surface area contributed by atoms with Gasteiger partial charge in [-0.05, 0) is 35.9 Å². The average molecular weight is 360 g/mol. The predicted molar refractivity (Wildman–Crippen MR) is 85.5 cm³/mol. The van der Waals surface area contributed by atoms with E-state index in [1.807, 2.05) is 0 Å². The lowest BCUT2D eigenvalue weighted by atomic mass is 10.1. The molecule has 1 saturated heterocycles. The summed E-state index contributed by atoms with van der Waals surface area (Å²) in [5.74, 6) is -1.73. The van der Waals surface area contributed by atoms with E-state index in [1.54, 1.807) is 18.2 Å². The quantitative estimate of drug-likeness (QED) is 0.747. The Balaban J connectivity index is 2.01. The number of nitrogens with zero attached hydrogens (tertiary/aromatic N) is 1. The molecule has 114 valence electrons. The topological polar surface area (TPSA) is 20.3 Å². The van der Waals surface area contributed by atoms with Crippen molar-refractivity contribution in [1.29, 1.82) is 0 Å². The summed E-state index contributed by atoms with van der Waals surface area (Å²) in [7, 11) is 0. The molecule has 1 amide bonds. The van der Waals surface area contributed by atoms with Crippen LogP contribution >= 0.6 is 35.0 Å². The molecule has 22 heavy (non-hydrogen) atoms. The van der Waals surface area contributed by atoms with Gasteiger partial charge in [-0.1, -0.05) is 29.3 Å². The summed E-state index contributed by atoms with van der Waals surface area (Å²) >= 11 is 13.2. The van der Waals surface area contributed by atoms with Crippen LogP contribution < -0.4 is 4.90 Å². The van der Waals surface area contributed by atoms with Gasteiger partial charge in [0, 0.05) is 5.69 Å². The van der Waals surface area contributed by atoms with Gasteiger partial charge in [-0.2, -0.15) is 0 Å². The SMILES string of the molecule is O=C1CS[C@H](c2ccc(F)c(F)c2)N1c1ccc(Cl)c(Cl)c1. The van der Waals surface area contributed by atoms with E-state index < -0.39 is 17.0 Å². The Bertz CT molecular complexity index is 756. The summed E-state index contributed by atoms with van der Waals surface area (Å²) in [4.78, 5) is 13.7.